The molecule has 5 nitrogen and oxygen atoms in total. The lowest BCUT2D eigenvalue weighted by atomic mass is 9.87. The number of nitrogens with zero attached hydrogens (tertiary/aromatic N) is 3. The minimum atomic E-state index is -0.574. The summed E-state index contributed by atoms with van der Waals surface area (Å²) in [5.41, 5.74) is 7.59. The number of nitrogens with two attached hydrogens (primary N) is 1. The molecular formula is C17H24N4O. The Morgan fingerprint density at radius 2 is 2.18 bits per heavy atom. The van der Waals surface area contributed by atoms with Crippen LogP contribution in [-0.2, 0) is 10.3 Å². The second-order valence-electron chi connectivity index (χ2n) is 6.76. The van der Waals surface area contributed by atoms with Gasteiger partial charge in [0, 0.05) is 25.8 Å². The Morgan fingerprint density at radius 3 is 2.82 bits per heavy atom. The fraction of sp³-hybridized carbons (Fsp3) is 0.529. The molecule has 1 saturated heterocycles. The van der Waals surface area contributed by atoms with Gasteiger partial charge in [-0.05, 0) is 37.0 Å². The summed E-state index contributed by atoms with van der Waals surface area (Å²) in [6.07, 6.45) is 1.58. The van der Waals surface area contributed by atoms with Gasteiger partial charge in [-0.25, -0.2) is 4.99 Å². The highest BCUT2D eigenvalue weighted by Gasteiger charge is 2.36. The second kappa shape index (κ2) is 5.30. The van der Waals surface area contributed by atoms with Gasteiger partial charge in [0.1, 0.15) is 0 Å². The predicted octanol–water partition coefficient (Wildman–Crippen LogP) is 1.92. The molecule has 118 valence electrons. The van der Waals surface area contributed by atoms with Crippen molar-refractivity contribution in [1.82, 2.24) is 4.90 Å². The standard InChI is InChI=1S/C17H24N4O/c1-12-7-8-21(11-12)14-6-4-5-13(9-14)17(2)10-15(22)20(3)16(18)19-17/h4-6,9,12H,7-8,10-11H2,1-3H3,(H2,18,19)/t12?,17-/m0/s1. The molecule has 1 aromatic carbocycles. The topological polar surface area (TPSA) is 61.9 Å². The molecule has 2 aliphatic heterocycles. The van der Waals surface area contributed by atoms with E-state index in [0.717, 1.165) is 24.6 Å². The molecule has 0 aliphatic carbocycles. The monoisotopic (exact) mass is 300 g/mol. The summed E-state index contributed by atoms with van der Waals surface area (Å²) in [6.45, 7) is 6.45. The first-order valence-electron chi connectivity index (χ1n) is 7.86. The van der Waals surface area contributed by atoms with E-state index < -0.39 is 5.54 Å². The zero-order valence-electron chi connectivity index (χ0n) is 13.5. The molecule has 5 heteroatoms. The molecule has 0 bridgehead atoms. The fourth-order valence-electron chi connectivity index (χ4n) is 3.28. The number of rotatable bonds is 2. The van der Waals surface area contributed by atoms with Crippen LogP contribution in [0.5, 0.6) is 0 Å². The molecule has 2 aliphatic rings. The van der Waals surface area contributed by atoms with Crippen LogP contribution in [0.25, 0.3) is 0 Å². The van der Waals surface area contributed by atoms with Crippen molar-refractivity contribution in [2.24, 2.45) is 16.6 Å². The van der Waals surface area contributed by atoms with Gasteiger partial charge in [-0.1, -0.05) is 19.1 Å². The van der Waals surface area contributed by atoms with Crippen molar-refractivity contribution in [2.45, 2.75) is 32.2 Å². The quantitative estimate of drug-likeness (QED) is 0.907. The van der Waals surface area contributed by atoms with Gasteiger partial charge < -0.3 is 10.6 Å². The first-order valence-corrected chi connectivity index (χ1v) is 7.86. The van der Waals surface area contributed by atoms with Crippen LogP contribution in [0.15, 0.2) is 29.3 Å². The largest absolute Gasteiger partial charge is 0.371 e. The number of carbonyl (C=O) groups is 1. The summed E-state index contributed by atoms with van der Waals surface area (Å²) in [5, 5.41) is 0. The van der Waals surface area contributed by atoms with Gasteiger partial charge in [0.15, 0.2) is 5.96 Å². The Labute approximate surface area is 131 Å². The van der Waals surface area contributed by atoms with E-state index in [0.29, 0.717) is 12.4 Å². The van der Waals surface area contributed by atoms with Crippen molar-refractivity contribution in [3.8, 4) is 0 Å². The Morgan fingerprint density at radius 1 is 1.41 bits per heavy atom. The molecule has 1 fully saturated rings. The molecular weight excluding hydrogens is 276 g/mol. The van der Waals surface area contributed by atoms with Gasteiger partial charge in [0.2, 0.25) is 5.91 Å². The summed E-state index contributed by atoms with van der Waals surface area (Å²) in [5.74, 6) is 1.03. The molecule has 0 aromatic heterocycles. The van der Waals surface area contributed by atoms with E-state index in [1.165, 1.54) is 17.0 Å². The van der Waals surface area contributed by atoms with E-state index >= 15 is 0 Å². The summed E-state index contributed by atoms with van der Waals surface area (Å²) in [6, 6.07) is 8.38. The molecule has 0 spiro atoms. The molecule has 2 atom stereocenters. The molecule has 2 N–H and O–H groups in total. The average molecular weight is 300 g/mol. The summed E-state index contributed by atoms with van der Waals surface area (Å²) < 4.78 is 0. The maximum atomic E-state index is 12.1. The zero-order chi connectivity index (χ0) is 15.9. The number of anilines is 1. The normalized spacial score (nSPS) is 29.0. The molecule has 1 amide bonds. The third-order valence-corrected chi connectivity index (χ3v) is 4.83. The van der Waals surface area contributed by atoms with Crippen molar-refractivity contribution in [3.63, 3.8) is 0 Å². The minimum absolute atomic E-state index is 0.00944. The van der Waals surface area contributed by atoms with Crippen molar-refractivity contribution in [1.29, 1.82) is 0 Å². The van der Waals surface area contributed by atoms with Crippen molar-refractivity contribution < 1.29 is 4.79 Å². The van der Waals surface area contributed by atoms with E-state index in [1.54, 1.807) is 7.05 Å². The average Bonchev–Trinajstić information content (AvgIpc) is 2.91. The SMILES string of the molecule is CC1CCN(c2cccc([C@]3(C)CC(=O)N(C)C(N)=N3)c2)C1. The van der Waals surface area contributed by atoms with Gasteiger partial charge in [-0.2, -0.15) is 0 Å². The van der Waals surface area contributed by atoms with E-state index in [1.807, 2.05) is 19.1 Å². The molecule has 0 radical (unpaired) electrons. The highest BCUT2D eigenvalue weighted by atomic mass is 16.2. The molecule has 3 rings (SSSR count). The van der Waals surface area contributed by atoms with Crippen molar-refractivity contribution in [2.75, 3.05) is 25.0 Å². The van der Waals surface area contributed by atoms with Crippen molar-refractivity contribution in [3.05, 3.63) is 29.8 Å². The van der Waals surface area contributed by atoms with E-state index in [-0.39, 0.29) is 5.91 Å². The van der Waals surface area contributed by atoms with Crippen LogP contribution in [0.4, 0.5) is 5.69 Å². The maximum absolute atomic E-state index is 12.1. The zero-order valence-corrected chi connectivity index (χ0v) is 13.5. The fourth-order valence-corrected chi connectivity index (χ4v) is 3.28. The highest BCUT2D eigenvalue weighted by molar-refractivity contribution is 5.98. The van der Waals surface area contributed by atoms with E-state index in [4.69, 9.17) is 5.73 Å². The van der Waals surface area contributed by atoms with Gasteiger partial charge in [0.05, 0.1) is 12.0 Å². The smallest absolute Gasteiger partial charge is 0.231 e. The van der Waals surface area contributed by atoms with Gasteiger partial charge >= 0.3 is 0 Å². The molecule has 2 heterocycles. The molecule has 1 aromatic rings. The Balaban J connectivity index is 1.93. The van der Waals surface area contributed by atoms with E-state index in [9.17, 15) is 4.79 Å². The lowest BCUT2D eigenvalue weighted by molar-refractivity contribution is -0.128. The van der Waals surface area contributed by atoms with Crippen LogP contribution >= 0.6 is 0 Å². The van der Waals surface area contributed by atoms with Crippen molar-refractivity contribution >= 4 is 17.6 Å². The summed E-state index contributed by atoms with van der Waals surface area (Å²) >= 11 is 0. The number of benzene rings is 1. The Hall–Kier alpha value is -2.04. The second-order valence-corrected chi connectivity index (χ2v) is 6.76. The van der Waals surface area contributed by atoms with Crippen LogP contribution in [-0.4, -0.2) is 36.9 Å². The van der Waals surface area contributed by atoms with Crippen LogP contribution in [0.3, 0.4) is 0 Å². The van der Waals surface area contributed by atoms with Gasteiger partial charge in [-0.3, -0.25) is 9.69 Å². The Kier molecular flexibility index (Phi) is 3.59. The lowest BCUT2D eigenvalue weighted by Crippen LogP contribution is -2.47. The van der Waals surface area contributed by atoms with Crippen LogP contribution in [0.1, 0.15) is 32.3 Å². The number of carbonyl (C=O) groups excluding carboxylic acids is 1. The lowest BCUT2D eigenvalue weighted by Gasteiger charge is -2.34. The first kappa shape index (κ1) is 14.9. The summed E-state index contributed by atoms with van der Waals surface area (Å²) in [4.78, 5) is 20.5. The third-order valence-electron chi connectivity index (χ3n) is 4.83. The number of hydrogen-bond donors (Lipinski definition) is 1. The third kappa shape index (κ3) is 2.56. The molecule has 22 heavy (non-hydrogen) atoms. The van der Waals surface area contributed by atoms with Gasteiger partial charge in [0.25, 0.3) is 0 Å². The maximum Gasteiger partial charge on any atom is 0.231 e. The molecule has 0 saturated carbocycles. The number of hydrogen-bond acceptors (Lipinski definition) is 4. The predicted molar refractivity (Wildman–Crippen MR) is 88.8 cm³/mol. The van der Waals surface area contributed by atoms with Crippen LogP contribution in [0.2, 0.25) is 0 Å². The van der Waals surface area contributed by atoms with Crippen LogP contribution < -0.4 is 10.6 Å². The number of amides is 1. The van der Waals surface area contributed by atoms with Gasteiger partial charge in [-0.15, -0.1) is 0 Å². The molecule has 1 unspecified atom stereocenters. The summed E-state index contributed by atoms with van der Waals surface area (Å²) in [7, 11) is 1.67. The Bertz CT molecular complexity index is 627. The number of guanidine groups is 1. The minimum Gasteiger partial charge on any atom is -0.371 e. The van der Waals surface area contributed by atoms with Crippen LogP contribution in [0, 0.1) is 5.92 Å². The number of aliphatic imine (C=N–C) groups is 1. The highest BCUT2D eigenvalue weighted by Crippen LogP contribution is 2.35. The van der Waals surface area contributed by atoms with E-state index in [2.05, 4.69) is 28.9 Å². The first-order chi connectivity index (χ1) is 10.4.